The minimum atomic E-state index is 0.185. The average Bonchev–Trinajstić information content (AvgIpc) is 3.21. The lowest BCUT2D eigenvalue weighted by atomic mass is 10.0. The molecule has 1 aromatic heterocycles. The van der Waals surface area contributed by atoms with Gasteiger partial charge in [-0.15, -0.1) is 0 Å². The van der Waals surface area contributed by atoms with E-state index < -0.39 is 0 Å². The smallest absolute Gasteiger partial charge is 0.0670 e. The van der Waals surface area contributed by atoms with Crippen molar-refractivity contribution in [3.05, 3.63) is 108 Å². The first-order valence-corrected chi connectivity index (χ1v) is 10.3. The van der Waals surface area contributed by atoms with Crippen molar-refractivity contribution in [2.75, 3.05) is 0 Å². The van der Waals surface area contributed by atoms with Crippen molar-refractivity contribution >= 4 is 10.9 Å². The summed E-state index contributed by atoms with van der Waals surface area (Å²) in [5.41, 5.74) is 5.89. The molecule has 1 aliphatic heterocycles. The van der Waals surface area contributed by atoms with Crippen molar-refractivity contribution in [3.63, 3.8) is 0 Å². The second-order valence-corrected chi connectivity index (χ2v) is 8.35. The standard InChI is InChI=1S/C26H24N2/c1-3-9-20(10-4-1)17-27(18-21-11-5-2-6-12-21)26-16-23(26)19-28-24-14-8-7-13-22(24)15-25(26)28/h1-15,23H,16-19H2/t23-,26+/m0/s1. The summed E-state index contributed by atoms with van der Waals surface area (Å²) in [5, 5.41) is 1.38. The van der Waals surface area contributed by atoms with Gasteiger partial charge in [-0.3, -0.25) is 4.90 Å². The Balaban J connectivity index is 1.43. The number of nitrogens with zero attached hydrogens (tertiary/aromatic N) is 2. The summed E-state index contributed by atoms with van der Waals surface area (Å²) in [6.45, 7) is 3.14. The van der Waals surface area contributed by atoms with Gasteiger partial charge in [0.25, 0.3) is 0 Å². The molecule has 1 aliphatic carbocycles. The number of benzene rings is 3. The van der Waals surface area contributed by atoms with Gasteiger partial charge in [-0.25, -0.2) is 0 Å². The van der Waals surface area contributed by atoms with E-state index in [1.165, 1.54) is 34.1 Å². The van der Waals surface area contributed by atoms with Crippen molar-refractivity contribution < 1.29 is 0 Å². The normalized spacial score (nSPS) is 22.4. The molecule has 138 valence electrons. The number of para-hydroxylation sites is 1. The van der Waals surface area contributed by atoms with Crippen LogP contribution < -0.4 is 0 Å². The summed E-state index contributed by atoms with van der Waals surface area (Å²) in [7, 11) is 0. The molecule has 0 spiro atoms. The van der Waals surface area contributed by atoms with Crippen molar-refractivity contribution in [1.29, 1.82) is 0 Å². The van der Waals surface area contributed by atoms with Crippen LogP contribution in [0.3, 0.4) is 0 Å². The molecule has 6 rings (SSSR count). The molecule has 28 heavy (non-hydrogen) atoms. The Kier molecular flexibility index (Phi) is 3.51. The molecule has 2 atom stereocenters. The minimum absolute atomic E-state index is 0.185. The van der Waals surface area contributed by atoms with Crippen LogP contribution in [-0.2, 0) is 25.2 Å². The Bertz CT molecular complexity index is 1090. The van der Waals surface area contributed by atoms with Crippen LogP contribution in [0.2, 0.25) is 0 Å². The number of fused-ring (bicyclic) bond motifs is 5. The van der Waals surface area contributed by atoms with Gasteiger partial charge in [0.05, 0.1) is 5.54 Å². The number of hydrogen-bond acceptors (Lipinski definition) is 1. The fourth-order valence-corrected chi connectivity index (χ4v) is 5.33. The monoisotopic (exact) mass is 364 g/mol. The third-order valence-corrected chi connectivity index (χ3v) is 6.73. The van der Waals surface area contributed by atoms with E-state index in [-0.39, 0.29) is 5.54 Å². The molecule has 0 saturated heterocycles. The van der Waals surface area contributed by atoms with Gasteiger partial charge < -0.3 is 4.57 Å². The first-order valence-electron chi connectivity index (χ1n) is 10.3. The highest BCUT2D eigenvalue weighted by Gasteiger charge is 2.64. The van der Waals surface area contributed by atoms with Gasteiger partial charge in [0.15, 0.2) is 0 Å². The van der Waals surface area contributed by atoms with E-state index in [4.69, 9.17) is 0 Å². The summed E-state index contributed by atoms with van der Waals surface area (Å²) >= 11 is 0. The molecule has 0 unspecified atom stereocenters. The second-order valence-electron chi connectivity index (χ2n) is 8.35. The van der Waals surface area contributed by atoms with Crippen LogP contribution in [0.1, 0.15) is 23.2 Å². The van der Waals surface area contributed by atoms with E-state index in [1.54, 1.807) is 0 Å². The quantitative estimate of drug-likeness (QED) is 0.449. The van der Waals surface area contributed by atoms with E-state index in [0.717, 1.165) is 25.6 Å². The van der Waals surface area contributed by atoms with Crippen molar-refractivity contribution in [1.82, 2.24) is 9.47 Å². The molecular weight excluding hydrogens is 340 g/mol. The molecule has 2 nitrogen and oxygen atoms in total. The third kappa shape index (κ3) is 2.38. The zero-order valence-electron chi connectivity index (χ0n) is 16.0. The molecule has 0 bridgehead atoms. The Morgan fingerprint density at radius 3 is 2.07 bits per heavy atom. The molecule has 4 aromatic rings. The van der Waals surface area contributed by atoms with E-state index in [0.29, 0.717) is 0 Å². The van der Waals surface area contributed by atoms with Crippen LogP contribution in [0.5, 0.6) is 0 Å². The Hall–Kier alpha value is -2.84. The Morgan fingerprint density at radius 2 is 1.39 bits per heavy atom. The maximum absolute atomic E-state index is 2.74. The lowest BCUT2D eigenvalue weighted by molar-refractivity contribution is 0.148. The largest absolute Gasteiger partial charge is 0.342 e. The highest BCUT2D eigenvalue weighted by Crippen LogP contribution is 2.63. The summed E-state index contributed by atoms with van der Waals surface area (Å²) in [6.07, 6.45) is 1.28. The number of aromatic nitrogens is 1. The van der Waals surface area contributed by atoms with E-state index >= 15 is 0 Å². The summed E-state index contributed by atoms with van der Waals surface area (Å²) in [5.74, 6) is 0.736. The molecule has 3 aromatic carbocycles. The Labute approximate surface area is 166 Å². The molecule has 2 heteroatoms. The highest BCUT2D eigenvalue weighted by atomic mass is 15.3. The molecule has 0 radical (unpaired) electrons. The fraction of sp³-hybridized carbons (Fsp3) is 0.231. The van der Waals surface area contributed by atoms with Crippen molar-refractivity contribution in [2.24, 2.45) is 5.92 Å². The lowest BCUT2D eigenvalue weighted by Crippen LogP contribution is -2.35. The first-order chi connectivity index (χ1) is 13.8. The van der Waals surface area contributed by atoms with Crippen LogP contribution in [-0.4, -0.2) is 9.47 Å². The van der Waals surface area contributed by atoms with Crippen molar-refractivity contribution in [2.45, 2.75) is 31.6 Å². The highest BCUT2D eigenvalue weighted by molar-refractivity contribution is 5.82. The van der Waals surface area contributed by atoms with Crippen LogP contribution in [0.15, 0.2) is 91.0 Å². The fourth-order valence-electron chi connectivity index (χ4n) is 5.33. The number of rotatable bonds is 5. The predicted molar refractivity (Wildman–Crippen MR) is 114 cm³/mol. The van der Waals surface area contributed by atoms with Gasteiger partial charge >= 0.3 is 0 Å². The van der Waals surface area contributed by atoms with Gasteiger partial charge in [0.1, 0.15) is 0 Å². The van der Waals surface area contributed by atoms with Crippen LogP contribution in [0.25, 0.3) is 10.9 Å². The average molecular weight is 364 g/mol. The molecule has 0 N–H and O–H groups in total. The van der Waals surface area contributed by atoms with Crippen molar-refractivity contribution in [3.8, 4) is 0 Å². The number of hydrogen-bond donors (Lipinski definition) is 0. The first kappa shape index (κ1) is 16.1. The SMILES string of the molecule is c1ccc(CN(Cc2ccccc2)[C@]23C[C@H]2Cn2c3cc3ccccc32)cc1. The molecule has 1 saturated carbocycles. The zero-order valence-corrected chi connectivity index (χ0v) is 16.0. The minimum Gasteiger partial charge on any atom is -0.342 e. The molecular formula is C26H24N2. The molecule has 2 aliphatic rings. The summed E-state index contributed by atoms with van der Waals surface area (Å²) in [4.78, 5) is 2.74. The van der Waals surface area contributed by atoms with Gasteiger partial charge in [0.2, 0.25) is 0 Å². The van der Waals surface area contributed by atoms with Gasteiger partial charge in [0, 0.05) is 36.8 Å². The maximum Gasteiger partial charge on any atom is 0.0670 e. The lowest BCUT2D eigenvalue weighted by Gasteiger charge is -2.31. The zero-order chi connectivity index (χ0) is 18.6. The summed E-state index contributed by atoms with van der Waals surface area (Å²) < 4.78 is 2.58. The molecule has 0 amide bonds. The van der Waals surface area contributed by atoms with E-state index in [2.05, 4.69) is 100 Å². The van der Waals surface area contributed by atoms with Crippen LogP contribution in [0, 0.1) is 5.92 Å². The van der Waals surface area contributed by atoms with E-state index in [9.17, 15) is 0 Å². The predicted octanol–water partition coefficient (Wildman–Crippen LogP) is 5.57. The Morgan fingerprint density at radius 1 is 0.786 bits per heavy atom. The summed E-state index contributed by atoms with van der Waals surface area (Å²) in [6, 6.07) is 33.2. The topological polar surface area (TPSA) is 8.17 Å². The molecule has 1 fully saturated rings. The van der Waals surface area contributed by atoms with Gasteiger partial charge in [-0.1, -0.05) is 78.9 Å². The van der Waals surface area contributed by atoms with Gasteiger partial charge in [-0.2, -0.15) is 0 Å². The van der Waals surface area contributed by atoms with Crippen LogP contribution >= 0.6 is 0 Å². The third-order valence-electron chi connectivity index (χ3n) is 6.73. The second kappa shape index (κ2) is 6.08. The van der Waals surface area contributed by atoms with E-state index in [1.807, 2.05) is 0 Å². The maximum atomic E-state index is 2.74. The van der Waals surface area contributed by atoms with Gasteiger partial charge in [-0.05, 0) is 35.1 Å². The van der Waals surface area contributed by atoms with Crippen LogP contribution in [0.4, 0.5) is 0 Å². The molecule has 2 heterocycles.